The van der Waals surface area contributed by atoms with E-state index in [1.807, 2.05) is 48.5 Å². The van der Waals surface area contributed by atoms with E-state index in [0.717, 1.165) is 35.9 Å². The summed E-state index contributed by atoms with van der Waals surface area (Å²) in [6.07, 6.45) is 0. The van der Waals surface area contributed by atoms with Crippen LogP contribution in [0.1, 0.15) is 0 Å². The molecule has 2 aromatic carbocycles. The number of benzene rings is 2. The van der Waals surface area contributed by atoms with Gasteiger partial charge >= 0.3 is 0 Å². The van der Waals surface area contributed by atoms with Gasteiger partial charge in [-0.2, -0.15) is 0 Å². The third-order valence-corrected chi connectivity index (χ3v) is 5.76. The fraction of sp³-hybridized carbons (Fsp3) is 0. The SMILES string of the molecule is O=c1c2cc(Br)sc2c2cccc3nc(-c4ccccc4)n1c32. The highest BCUT2D eigenvalue weighted by atomic mass is 79.9. The zero-order valence-corrected chi connectivity index (χ0v) is 14.2. The van der Waals surface area contributed by atoms with Gasteiger partial charge in [-0.15, -0.1) is 11.3 Å². The van der Waals surface area contributed by atoms with Gasteiger partial charge in [-0.05, 0) is 28.1 Å². The highest BCUT2D eigenvalue weighted by Crippen LogP contribution is 2.36. The van der Waals surface area contributed by atoms with E-state index in [4.69, 9.17) is 4.98 Å². The fourth-order valence-corrected chi connectivity index (χ4v) is 4.75. The summed E-state index contributed by atoms with van der Waals surface area (Å²) < 4.78 is 3.73. The summed E-state index contributed by atoms with van der Waals surface area (Å²) in [6.45, 7) is 0. The van der Waals surface area contributed by atoms with Crippen LogP contribution < -0.4 is 5.56 Å². The average molecular weight is 381 g/mol. The first-order valence-corrected chi connectivity index (χ1v) is 8.76. The van der Waals surface area contributed by atoms with Crippen LogP contribution >= 0.6 is 27.3 Å². The van der Waals surface area contributed by atoms with Gasteiger partial charge in [-0.3, -0.25) is 9.20 Å². The summed E-state index contributed by atoms with van der Waals surface area (Å²) in [7, 11) is 0. The Hall–Kier alpha value is -2.24. The summed E-state index contributed by atoms with van der Waals surface area (Å²) in [5, 5.41) is 1.81. The molecule has 0 unspecified atom stereocenters. The molecule has 3 heterocycles. The van der Waals surface area contributed by atoms with E-state index in [2.05, 4.69) is 22.0 Å². The van der Waals surface area contributed by atoms with Crippen LogP contribution in [0.4, 0.5) is 0 Å². The van der Waals surface area contributed by atoms with Crippen molar-refractivity contribution >= 4 is 53.8 Å². The Kier molecular flexibility index (Phi) is 2.66. The molecule has 0 bridgehead atoms. The molecule has 0 aliphatic rings. The lowest BCUT2D eigenvalue weighted by Crippen LogP contribution is -2.13. The highest BCUT2D eigenvalue weighted by Gasteiger charge is 2.19. The predicted molar refractivity (Wildman–Crippen MR) is 98.7 cm³/mol. The first-order valence-electron chi connectivity index (χ1n) is 7.15. The number of pyridine rings is 1. The molecule has 0 N–H and O–H groups in total. The van der Waals surface area contributed by atoms with Gasteiger partial charge in [-0.1, -0.05) is 42.5 Å². The molecule has 110 valence electrons. The molecular weight excluding hydrogens is 372 g/mol. The van der Waals surface area contributed by atoms with Crippen LogP contribution in [0, 0.1) is 0 Å². The molecular formula is C18H9BrN2OS. The van der Waals surface area contributed by atoms with Gasteiger partial charge in [-0.25, -0.2) is 4.98 Å². The van der Waals surface area contributed by atoms with Crippen LogP contribution in [0.25, 0.3) is 37.9 Å². The molecule has 0 fully saturated rings. The third kappa shape index (κ3) is 1.75. The van der Waals surface area contributed by atoms with E-state index in [0.29, 0.717) is 5.82 Å². The number of para-hydroxylation sites is 1. The summed E-state index contributed by atoms with van der Waals surface area (Å²) in [5.41, 5.74) is 2.69. The van der Waals surface area contributed by atoms with Crippen molar-refractivity contribution < 1.29 is 0 Å². The Morgan fingerprint density at radius 2 is 1.83 bits per heavy atom. The molecule has 3 nitrogen and oxygen atoms in total. The van der Waals surface area contributed by atoms with Gasteiger partial charge in [0.25, 0.3) is 5.56 Å². The minimum absolute atomic E-state index is 0.0120. The molecule has 0 saturated carbocycles. The van der Waals surface area contributed by atoms with Gasteiger partial charge in [0.1, 0.15) is 5.82 Å². The van der Waals surface area contributed by atoms with Crippen LogP contribution in [-0.2, 0) is 0 Å². The number of fused-ring (bicyclic) bond motifs is 2. The highest BCUT2D eigenvalue weighted by molar-refractivity contribution is 9.11. The Morgan fingerprint density at radius 3 is 2.65 bits per heavy atom. The number of aromatic nitrogens is 2. The molecule has 0 atom stereocenters. The van der Waals surface area contributed by atoms with Crippen molar-refractivity contribution in [3.63, 3.8) is 0 Å². The predicted octanol–water partition coefficient (Wildman–Crippen LogP) is 4.93. The maximum atomic E-state index is 13.1. The second-order valence-electron chi connectivity index (χ2n) is 5.41. The van der Waals surface area contributed by atoms with E-state index < -0.39 is 0 Å². The maximum Gasteiger partial charge on any atom is 0.265 e. The zero-order valence-electron chi connectivity index (χ0n) is 11.8. The van der Waals surface area contributed by atoms with Crippen LogP contribution in [0.3, 0.4) is 0 Å². The lowest BCUT2D eigenvalue weighted by molar-refractivity contribution is 1.13. The van der Waals surface area contributed by atoms with E-state index in [1.165, 1.54) is 0 Å². The monoisotopic (exact) mass is 380 g/mol. The van der Waals surface area contributed by atoms with E-state index in [9.17, 15) is 4.79 Å². The van der Waals surface area contributed by atoms with Crippen molar-refractivity contribution in [3.05, 3.63) is 68.7 Å². The molecule has 0 radical (unpaired) electrons. The van der Waals surface area contributed by atoms with Crippen LogP contribution in [0.5, 0.6) is 0 Å². The fourth-order valence-electron chi connectivity index (χ4n) is 3.13. The number of halogens is 1. The molecule has 3 aromatic heterocycles. The summed E-state index contributed by atoms with van der Waals surface area (Å²) in [5.74, 6) is 0.700. The second kappa shape index (κ2) is 4.63. The number of nitrogens with zero attached hydrogens (tertiary/aromatic N) is 2. The molecule has 0 aliphatic heterocycles. The van der Waals surface area contributed by atoms with E-state index in [1.54, 1.807) is 15.7 Å². The van der Waals surface area contributed by atoms with Crippen LogP contribution in [0.2, 0.25) is 0 Å². The van der Waals surface area contributed by atoms with Crippen molar-refractivity contribution in [2.75, 3.05) is 0 Å². The maximum absolute atomic E-state index is 13.1. The molecule has 0 spiro atoms. The van der Waals surface area contributed by atoms with Crippen molar-refractivity contribution in [2.24, 2.45) is 0 Å². The average Bonchev–Trinajstić information content (AvgIpc) is 3.15. The van der Waals surface area contributed by atoms with Crippen molar-refractivity contribution in [1.29, 1.82) is 0 Å². The Balaban J connectivity index is 2.09. The first-order chi connectivity index (χ1) is 11.2. The van der Waals surface area contributed by atoms with Crippen molar-refractivity contribution in [1.82, 2.24) is 9.38 Å². The lowest BCUT2D eigenvalue weighted by Gasteiger charge is -2.03. The summed E-state index contributed by atoms with van der Waals surface area (Å²) in [6, 6.07) is 17.8. The minimum Gasteiger partial charge on any atom is -0.268 e. The van der Waals surface area contributed by atoms with E-state index in [-0.39, 0.29) is 5.56 Å². The number of rotatable bonds is 1. The van der Waals surface area contributed by atoms with Crippen LogP contribution in [-0.4, -0.2) is 9.38 Å². The molecule has 5 aromatic rings. The molecule has 5 heteroatoms. The van der Waals surface area contributed by atoms with Crippen LogP contribution in [0.15, 0.2) is 63.2 Å². The number of imidazole rings is 1. The Morgan fingerprint density at radius 1 is 1.00 bits per heavy atom. The molecule has 0 saturated heterocycles. The molecule has 0 amide bonds. The Labute approximate surface area is 143 Å². The molecule has 23 heavy (non-hydrogen) atoms. The number of thiophene rings is 1. The van der Waals surface area contributed by atoms with Gasteiger partial charge in [0, 0.05) is 10.9 Å². The summed E-state index contributed by atoms with van der Waals surface area (Å²) >= 11 is 5.10. The zero-order chi connectivity index (χ0) is 15.6. The lowest BCUT2D eigenvalue weighted by atomic mass is 10.1. The molecule has 0 aliphatic carbocycles. The normalized spacial score (nSPS) is 11.9. The number of hydrogen-bond acceptors (Lipinski definition) is 3. The summed E-state index contributed by atoms with van der Waals surface area (Å²) in [4.78, 5) is 17.8. The quantitative estimate of drug-likeness (QED) is 0.413. The van der Waals surface area contributed by atoms with Gasteiger partial charge in [0.2, 0.25) is 0 Å². The first kappa shape index (κ1) is 13.2. The standard InChI is InChI=1S/C18H9BrN2OS/c19-14-9-12-16(23-14)11-7-4-8-13-15(11)21(18(12)22)17(20-13)10-5-2-1-3-6-10/h1-9H. The van der Waals surface area contributed by atoms with Crippen molar-refractivity contribution in [3.8, 4) is 11.4 Å². The second-order valence-corrected chi connectivity index (χ2v) is 7.84. The largest absolute Gasteiger partial charge is 0.268 e. The van der Waals surface area contributed by atoms with E-state index >= 15 is 0 Å². The smallest absolute Gasteiger partial charge is 0.265 e. The van der Waals surface area contributed by atoms with Gasteiger partial charge < -0.3 is 0 Å². The van der Waals surface area contributed by atoms with Gasteiger partial charge in [0.15, 0.2) is 0 Å². The minimum atomic E-state index is -0.0120. The number of hydrogen-bond donors (Lipinski definition) is 0. The van der Waals surface area contributed by atoms with Crippen molar-refractivity contribution in [2.45, 2.75) is 0 Å². The third-order valence-electron chi connectivity index (χ3n) is 4.09. The van der Waals surface area contributed by atoms with Gasteiger partial charge in [0.05, 0.1) is 24.9 Å². The Bertz CT molecular complexity index is 1240. The topological polar surface area (TPSA) is 34.4 Å². The molecule has 5 rings (SSSR count).